The van der Waals surface area contributed by atoms with Crippen molar-refractivity contribution in [2.24, 2.45) is 5.73 Å². The normalized spacial score (nSPS) is 14.9. The Balaban J connectivity index is 3.79. The first kappa shape index (κ1) is 13.7. The average Bonchev–Trinajstić information content (AvgIpc) is 2.16. The van der Waals surface area contributed by atoms with Gasteiger partial charge in [-0.1, -0.05) is 6.92 Å². The van der Waals surface area contributed by atoms with Gasteiger partial charge in [0, 0.05) is 25.4 Å². The number of carbonyl (C=O) groups is 1. The summed E-state index contributed by atoms with van der Waals surface area (Å²) in [6.45, 7) is 4.29. The summed E-state index contributed by atoms with van der Waals surface area (Å²) in [5.74, 6) is 1.85. The summed E-state index contributed by atoms with van der Waals surface area (Å²) in [6, 6.07) is 0.164. The number of rotatable bonds is 7. The quantitative estimate of drug-likeness (QED) is 0.644. The maximum absolute atomic E-state index is 11.5. The average molecular weight is 220 g/mol. The summed E-state index contributed by atoms with van der Waals surface area (Å²) < 4.78 is 4.92. The van der Waals surface area contributed by atoms with Crippen LogP contribution >= 0.6 is 11.8 Å². The van der Waals surface area contributed by atoms with Gasteiger partial charge < -0.3 is 15.8 Å². The standard InChI is InChI=1S/C9H20N2O2S/c1-4-14-6-7(2)11-9(12)8(5-10)13-3/h7-8H,4-6,10H2,1-3H3,(H,11,12). The largest absolute Gasteiger partial charge is 0.370 e. The molecule has 0 aliphatic carbocycles. The van der Waals surface area contributed by atoms with Gasteiger partial charge in [0.25, 0.3) is 5.91 Å². The molecular formula is C9H20N2O2S. The molecule has 0 aromatic carbocycles. The van der Waals surface area contributed by atoms with Crippen LogP contribution in [0.4, 0.5) is 0 Å². The van der Waals surface area contributed by atoms with Crippen molar-refractivity contribution in [3.05, 3.63) is 0 Å². The molecule has 3 N–H and O–H groups in total. The minimum absolute atomic E-state index is 0.126. The maximum Gasteiger partial charge on any atom is 0.250 e. The Bertz CT molecular complexity index is 163. The van der Waals surface area contributed by atoms with E-state index in [4.69, 9.17) is 10.5 Å². The van der Waals surface area contributed by atoms with Crippen LogP contribution in [0.15, 0.2) is 0 Å². The summed E-state index contributed by atoms with van der Waals surface area (Å²) in [5, 5.41) is 2.85. The van der Waals surface area contributed by atoms with Crippen LogP contribution in [0.2, 0.25) is 0 Å². The van der Waals surface area contributed by atoms with Crippen LogP contribution in [0.3, 0.4) is 0 Å². The molecule has 84 valence electrons. The molecule has 1 amide bonds. The molecule has 2 unspecified atom stereocenters. The topological polar surface area (TPSA) is 64.4 Å². The van der Waals surface area contributed by atoms with Crippen LogP contribution in [0.1, 0.15) is 13.8 Å². The fourth-order valence-corrected chi connectivity index (χ4v) is 1.65. The van der Waals surface area contributed by atoms with E-state index >= 15 is 0 Å². The van der Waals surface area contributed by atoms with Crippen molar-refractivity contribution >= 4 is 17.7 Å². The predicted octanol–water partition coefficient (Wildman–Crippen LogP) is 0.218. The smallest absolute Gasteiger partial charge is 0.250 e. The molecule has 0 saturated carbocycles. The van der Waals surface area contributed by atoms with Crippen molar-refractivity contribution in [1.29, 1.82) is 0 Å². The zero-order valence-corrected chi connectivity index (χ0v) is 9.89. The highest BCUT2D eigenvalue weighted by Crippen LogP contribution is 2.01. The van der Waals surface area contributed by atoms with Crippen LogP contribution in [0.5, 0.6) is 0 Å². The highest BCUT2D eigenvalue weighted by atomic mass is 32.2. The highest BCUT2D eigenvalue weighted by Gasteiger charge is 2.17. The number of carbonyl (C=O) groups excluding carboxylic acids is 1. The minimum Gasteiger partial charge on any atom is -0.370 e. The number of thioether (sulfide) groups is 1. The van der Waals surface area contributed by atoms with E-state index in [9.17, 15) is 4.79 Å². The van der Waals surface area contributed by atoms with Crippen LogP contribution in [-0.2, 0) is 9.53 Å². The van der Waals surface area contributed by atoms with Crippen LogP contribution < -0.4 is 11.1 Å². The fraction of sp³-hybridized carbons (Fsp3) is 0.889. The molecule has 0 saturated heterocycles. The number of nitrogens with two attached hydrogens (primary N) is 1. The van der Waals surface area contributed by atoms with Crippen molar-refractivity contribution in [3.8, 4) is 0 Å². The maximum atomic E-state index is 11.5. The third kappa shape index (κ3) is 5.47. The van der Waals surface area contributed by atoms with Gasteiger partial charge in [-0.2, -0.15) is 11.8 Å². The number of nitrogens with one attached hydrogen (secondary N) is 1. The molecule has 0 heterocycles. The molecule has 2 atom stereocenters. The molecule has 0 aromatic heterocycles. The van der Waals surface area contributed by atoms with E-state index in [0.717, 1.165) is 11.5 Å². The van der Waals surface area contributed by atoms with Gasteiger partial charge in [-0.05, 0) is 12.7 Å². The lowest BCUT2D eigenvalue weighted by atomic mass is 10.3. The Morgan fingerprint density at radius 2 is 2.29 bits per heavy atom. The Morgan fingerprint density at radius 3 is 2.71 bits per heavy atom. The molecule has 0 aliphatic rings. The molecule has 0 bridgehead atoms. The van der Waals surface area contributed by atoms with Gasteiger partial charge in [0.2, 0.25) is 0 Å². The van der Waals surface area contributed by atoms with Gasteiger partial charge in [0.05, 0.1) is 0 Å². The Labute approximate surface area is 89.9 Å². The highest BCUT2D eigenvalue weighted by molar-refractivity contribution is 7.99. The lowest BCUT2D eigenvalue weighted by molar-refractivity contribution is -0.130. The number of methoxy groups -OCH3 is 1. The molecule has 5 heteroatoms. The zero-order chi connectivity index (χ0) is 11.0. The third-order valence-electron chi connectivity index (χ3n) is 1.75. The molecule has 0 rings (SSSR count). The Hall–Kier alpha value is -0.260. The van der Waals surface area contributed by atoms with Gasteiger partial charge in [-0.15, -0.1) is 0 Å². The molecule has 0 radical (unpaired) electrons. The third-order valence-corrected chi connectivity index (χ3v) is 2.90. The molecule has 0 spiro atoms. The SMILES string of the molecule is CCSCC(C)NC(=O)C(CN)OC. The van der Waals surface area contributed by atoms with E-state index < -0.39 is 6.10 Å². The second-order valence-corrected chi connectivity index (χ2v) is 4.35. The molecule has 0 fully saturated rings. The van der Waals surface area contributed by atoms with E-state index in [0.29, 0.717) is 0 Å². The summed E-state index contributed by atoms with van der Waals surface area (Å²) >= 11 is 1.80. The first-order chi connectivity index (χ1) is 6.65. The first-order valence-electron chi connectivity index (χ1n) is 4.76. The van der Waals surface area contributed by atoms with E-state index in [1.807, 2.05) is 6.92 Å². The van der Waals surface area contributed by atoms with Crippen molar-refractivity contribution < 1.29 is 9.53 Å². The molecule has 0 aliphatic heterocycles. The Morgan fingerprint density at radius 1 is 1.64 bits per heavy atom. The number of hydrogen-bond acceptors (Lipinski definition) is 4. The Kier molecular flexibility index (Phi) is 7.93. The van der Waals surface area contributed by atoms with Gasteiger partial charge in [0.15, 0.2) is 0 Å². The number of amides is 1. The van der Waals surface area contributed by atoms with Crippen LogP contribution in [0, 0.1) is 0 Å². The van der Waals surface area contributed by atoms with E-state index in [1.54, 1.807) is 11.8 Å². The monoisotopic (exact) mass is 220 g/mol. The predicted molar refractivity (Wildman–Crippen MR) is 60.5 cm³/mol. The summed E-state index contributed by atoms with van der Waals surface area (Å²) in [6.07, 6.45) is -0.524. The molecule has 0 aromatic rings. The van der Waals surface area contributed by atoms with Crippen LogP contribution in [-0.4, -0.2) is 43.2 Å². The van der Waals surface area contributed by atoms with Gasteiger partial charge in [0.1, 0.15) is 6.10 Å². The molecule has 14 heavy (non-hydrogen) atoms. The van der Waals surface area contributed by atoms with Crippen molar-refractivity contribution in [3.63, 3.8) is 0 Å². The second-order valence-electron chi connectivity index (χ2n) is 3.03. The minimum atomic E-state index is -0.524. The zero-order valence-electron chi connectivity index (χ0n) is 9.08. The number of hydrogen-bond donors (Lipinski definition) is 2. The lowest BCUT2D eigenvalue weighted by Crippen LogP contribution is -2.45. The van der Waals surface area contributed by atoms with Gasteiger partial charge in [-0.3, -0.25) is 4.79 Å². The van der Waals surface area contributed by atoms with Crippen molar-refractivity contribution in [2.45, 2.75) is 26.0 Å². The summed E-state index contributed by atoms with van der Waals surface area (Å²) in [4.78, 5) is 11.5. The van der Waals surface area contributed by atoms with Gasteiger partial charge >= 0.3 is 0 Å². The summed E-state index contributed by atoms with van der Waals surface area (Å²) in [5.41, 5.74) is 5.37. The summed E-state index contributed by atoms with van der Waals surface area (Å²) in [7, 11) is 1.49. The fourth-order valence-electron chi connectivity index (χ4n) is 0.982. The molecular weight excluding hydrogens is 200 g/mol. The van der Waals surface area contributed by atoms with Gasteiger partial charge in [-0.25, -0.2) is 0 Å². The molecule has 4 nitrogen and oxygen atoms in total. The van der Waals surface area contributed by atoms with Crippen LogP contribution in [0.25, 0.3) is 0 Å². The van der Waals surface area contributed by atoms with E-state index in [2.05, 4.69) is 12.2 Å². The van der Waals surface area contributed by atoms with Crippen molar-refractivity contribution in [2.75, 3.05) is 25.2 Å². The second kappa shape index (κ2) is 8.08. The van der Waals surface area contributed by atoms with E-state index in [1.165, 1.54) is 7.11 Å². The van der Waals surface area contributed by atoms with Crippen molar-refractivity contribution in [1.82, 2.24) is 5.32 Å². The van der Waals surface area contributed by atoms with E-state index in [-0.39, 0.29) is 18.5 Å². The first-order valence-corrected chi connectivity index (χ1v) is 5.92. The lowest BCUT2D eigenvalue weighted by Gasteiger charge is -2.17. The number of ether oxygens (including phenoxy) is 1.